The van der Waals surface area contributed by atoms with Crippen LogP contribution in [0.25, 0.3) is 0 Å². The summed E-state index contributed by atoms with van der Waals surface area (Å²) in [7, 11) is 3.23. The van der Waals surface area contributed by atoms with Gasteiger partial charge in [0.25, 0.3) is 11.8 Å². The lowest BCUT2D eigenvalue weighted by atomic mass is 10.5. The smallest absolute Gasteiger partial charge is 0.250 e. The predicted molar refractivity (Wildman–Crippen MR) is 82.5 cm³/mol. The first-order valence-corrected chi connectivity index (χ1v) is 8.08. The summed E-state index contributed by atoms with van der Waals surface area (Å²) in [4.78, 5) is 28.5. The molecule has 21 heavy (non-hydrogen) atoms. The molecule has 2 aromatic rings. The van der Waals surface area contributed by atoms with E-state index >= 15 is 0 Å². The molecule has 5 nitrogen and oxygen atoms in total. The van der Waals surface area contributed by atoms with E-state index in [1.54, 1.807) is 34.0 Å². The third kappa shape index (κ3) is 5.80. The average molecular weight is 317 g/mol. The Balaban J connectivity index is 0.000000194. The van der Waals surface area contributed by atoms with Crippen LogP contribution in [0.4, 0.5) is 0 Å². The highest BCUT2D eigenvalue weighted by molar-refractivity contribution is 8.76. The van der Waals surface area contributed by atoms with E-state index in [2.05, 4.69) is 9.97 Å². The SMILES string of the molecule is O=C1C=CC(=O)N1.c1ccc(SSc2ccccn2)nc1. The van der Waals surface area contributed by atoms with Crippen LogP contribution in [0.3, 0.4) is 0 Å². The quantitative estimate of drug-likeness (QED) is 0.692. The molecule has 0 fully saturated rings. The molecule has 7 heteroatoms. The third-order valence-corrected chi connectivity index (χ3v) is 4.30. The van der Waals surface area contributed by atoms with E-state index in [0.717, 1.165) is 10.1 Å². The van der Waals surface area contributed by atoms with Crippen molar-refractivity contribution in [1.82, 2.24) is 15.3 Å². The van der Waals surface area contributed by atoms with Crippen LogP contribution in [-0.2, 0) is 9.59 Å². The van der Waals surface area contributed by atoms with E-state index < -0.39 is 0 Å². The minimum atomic E-state index is -0.329. The van der Waals surface area contributed by atoms with Crippen molar-refractivity contribution in [2.24, 2.45) is 0 Å². The summed E-state index contributed by atoms with van der Waals surface area (Å²) in [6, 6.07) is 11.8. The number of hydrogen-bond acceptors (Lipinski definition) is 6. The Morgan fingerprint density at radius 3 is 1.52 bits per heavy atom. The van der Waals surface area contributed by atoms with E-state index in [4.69, 9.17) is 0 Å². The molecule has 1 aliphatic heterocycles. The molecule has 3 rings (SSSR count). The maximum Gasteiger partial charge on any atom is 0.250 e. The van der Waals surface area contributed by atoms with Gasteiger partial charge in [0, 0.05) is 24.5 Å². The molecular formula is C14H11N3O2S2. The van der Waals surface area contributed by atoms with E-state index in [0.29, 0.717) is 0 Å². The molecule has 1 N–H and O–H groups in total. The van der Waals surface area contributed by atoms with Gasteiger partial charge in [-0.2, -0.15) is 0 Å². The molecule has 0 saturated heterocycles. The lowest BCUT2D eigenvalue weighted by Gasteiger charge is -1.97. The first kappa shape index (κ1) is 15.3. The highest BCUT2D eigenvalue weighted by Gasteiger charge is 2.06. The molecule has 106 valence electrons. The van der Waals surface area contributed by atoms with Crippen molar-refractivity contribution in [3.8, 4) is 0 Å². The number of pyridine rings is 2. The molecule has 2 aromatic heterocycles. The van der Waals surface area contributed by atoms with Gasteiger partial charge in [0.05, 0.1) is 0 Å². The molecule has 3 heterocycles. The Hall–Kier alpha value is -2.12. The summed E-state index contributed by atoms with van der Waals surface area (Å²) in [5.41, 5.74) is 0. The number of carbonyl (C=O) groups is 2. The molecule has 1 aliphatic rings. The van der Waals surface area contributed by atoms with E-state index in [1.807, 2.05) is 41.7 Å². The van der Waals surface area contributed by atoms with Crippen molar-refractivity contribution in [2.75, 3.05) is 0 Å². The van der Waals surface area contributed by atoms with Gasteiger partial charge in [-0.25, -0.2) is 9.97 Å². The normalized spacial score (nSPS) is 12.6. The average Bonchev–Trinajstić information content (AvgIpc) is 2.91. The van der Waals surface area contributed by atoms with Crippen molar-refractivity contribution >= 4 is 33.4 Å². The lowest BCUT2D eigenvalue weighted by Crippen LogP contribution is -2.19. The summed E-state index contributed by atoms with van der Waals surface area (Å²) < 4.78 is 0. The monoisotopic (exact) mass is 317 g/mol. The Labute approximate surface area is 129 Å². The molecule has 0 aliphatic carbocycles. The van der Waals surface area contributed by atoms with Gasteiger partial charge < -0.3 is 0 Å². The predicted octanol–water partition coefficient (Wildman–Crippen LogP) is 2.47. The highest BCUT2D eigenvalue weighted by Crippen LogP contribution is 2.34. The zero-order valence-electron chi connectivity index (χ0n) is 10.8. The van der Waals surface area contributed by atoms with Gasteiger partial charge in [-0.05, 0) is 45.9 Å². The van der Waals surface area contributed by atoms with Crippen molar-refractivity contribution in [1.29, 1.82) is 0 Å². The largest absolute Gasteiger partial charge is 0.289 e. The highest BCUT2D eigenvalue weighted by atomic mass is 33.1. The number of aromatic nitrogens is 2. The van der Waals surface area contributed by atoms with Gasteiger partial charge in [-0.3, -0.25) is 14.9 Å². The minimum absolute atomic E-state index is 0.329. The van der Waals surface area contributed by atoms with Gasteiger partial charge in [0.1, 0.15) is 10.1 Å². The van der Waals surface area contributed by atoms with Crippen LogP contribution in [0.5, 0.6) is 0 Å². The molecule has 0 spiro atoms. The zero-order valence-corrected chi connectivity index (χ0v) is 12.4. The van der Waals surface area contributed by atoms with E-state index in [1.165, 1.54) is 12.2 Å². The maximum atomic E-state index is 10.0. The number of nitrogens with zero attached hydrogens (tertiary/aromatic N) is 2. The Morgan fingerprint density at radius 2 is 1.24 bits per heavy atom. The second kappa shape index (κ2) is 8.23. The second-order valence-electron chi connectivity index (χ2n) is 3.69. The standard InChI is InChI=1S/C10H8N2S2.C4H3NO2/c1-3-7-11-9(5-1)13-14-10-6-2-4-8-12-10;6-3-1-2-4(7)5-3/h1-8H;1-2H,(H,5,6,7). The maximum absolute atomic E-state index is 10.0. The summed E-state index contributed by atoms with van der Waals surface area (Å²) in [5, 5.41) is 4.03. The summed E-state index contributed by atoms with van der Waals surface area (Å²) in [6.07, 6.45) is 5.98. The van der Waals surface area contributed by atoms with Crippen molar-refractivity contribution in [3.05, 3.63) is 60.9 Å². The Morgan fingerprint density at radius 1 is 0.762 bits per heavy atom. The lowest BCUT2D eigenvalue weighted by molar-refractivity contribution is -0.123. The van der Waals surface area contributed by atoms with Crippen LogP contribution in [0.1, 0.15) is 0 Å². The second-order valence-corrected chi connectivity index (χ2v) is 5.86. The summed E-state index contributed by atoms with van der Waals surface area (Å²) in [6.45, 7) is 0. The first-order valence-electron chi connectivity index (χ1n) is 5.93. The molecule has 0 radical (unpaired) electrons. The Kier molecular flexibility index (Phi) is 5.99. The van der Waals surface area contributed by atoms with Crippen molar-refractivity contribution < 1.29 is 9.59 Å². The summed E-state index contributed by atoms with van der Waals surface area (Å²) in [5.74, 6) is -0.657. The van der Waals surface area contributed by atoms with Gasteiger partial charge in [0.15, 0.2) is 0 Å². The van der Waals surface area contributed by atoms with Gasteiger partial charge >= 0.3 is 0 Å². The molecule has 0 bridgehead atoms. The van der Waals surface area contributed by atoms with E-state index in [9.17, 15) is 9.59 Å². The number of amides is 2. The molecule has 0 aromatic carbocycles. The zero-order chi connectivity index (χ0) is 14.9. The van der Waals surface area contributed by atoms with Crippen LogP contribution in [0.2, 0.25) is 0 Å². The van der Waals surface area contributed by atoms with E-state index in [-0.39, 0.29) is 11.8 Å². The van der Waals surface area contributed by atoms with Gasteiger partial charge in [0.2, 0.25) is 0 Å². The fourth-order valence-electron chi connectivity index (χ4n) is 1.23. The molecule has 2 amide bonds. The number of rotatable bonds is 3. The number of imide groups is 1. The van der Waals surface area contributed by atoms with Crippen LogP contribution < -0.4 is 5.32 Å². The van der Waals surface area contributed by atoms with Crippen LogP contribution >= 0.6 is 21.6 Å². The summed E-state index contributed by atoms with van der Waals surface area (Å²) >= 11 is 0. The van der Waals surface area contributed by atoms with Crippen LogP contribution in [-0.4, -0.2) is 21.8 Å². The third-order valence-electron chi connectivity index (χ3n) is 2.12. The topological polar surface area (TPSA) is 72.0 Å². The fourth-order valence-corrected chi connectivity index (χ4v) is 2.98. The fraction of sp³-hybridized carbons (Fsp3) is 0. The first-order chi connectivity index (χ1) is 10.2. The number of carbonyl (C=O) groups excluding carboxylic acids is 2. The molecule has 0 atom stereocenters. The minimum Gasteiger partial charge on any atom is -0.289 e. The van der Waals surface area contributed by atoms with Gasteiger partial charge in [-0.15, -0.1) is 0 Å². The number of hydrogen-bond donors (Lipinski definition) is 1. The van der Waals surface area contributed by atoms with Crippen LogP contribution in [0, 0.1) is 0 Å². The number of nitrogens with one attached hydrogen (secondary N) is 1. The Bertz CT molecular complexity index is 578. The molecule has 0 unspecified atom stereocenters. The molecule has 0 saturated carbocycles. The molecular weight excluding hydrogens is 306 g/mol. The van der Waals surface area contributed by atoms with Gasteiger partial charge in [-0.1, -0.05) is 12.1 Å². The van der Waals surface area contributed by atoms with Crippen molar-refractivity contribution in [3.63, 3.8) is 0 Å². The van der Waals surface area contributed by atoms with Crippen LogP contribution in [0.15, 0.2) is 71.0 Å². The van der Waals surface area contributed by atoms with Crippen molar-refractivity contribution in [2.45, 2.75) is 10.1 Å².